The third kappa shape index (κ3) is 27.9. The van der Waals surface area contributed by atoms with Gasteiger partial charge in [0.15, 0.2) is 0 Å². The van der Waals surface area contributed by atoms with Crippen molar-refractivity contribution in [3.8, 4) is 0 Å². The highest BCUT2D eigenvalue weighted by atomic mass is 32.2. The van der Waals surface area contributed by atoms with Crippen LogP contribution in [0.15, 0.2) is 36.5 Å². The molecule has 6 nitrogen and oxygen atoms in total. The molecule has 1 amide bonds. The molecule has 0 aliphatic heterocycles. The third-order valence-corrected chi connectivity index (χ3v) is 7.64. The summed E-state index contributed by atoms with van der Waals surface area (Å²) in [5.74, 6) is -0.924. The number of rotatable bonds is 27. The van der Waals surface area contributed by atoms with Crippen molar-refractivity contribution < 1.29 is 22.9 Å². The van der Waals surface area contributed by atoms with E-state index < -0.39 is 28.0 Å². The molecule has 3 N–H and O–H groups in total. The molecule has 2 atom stereocenters. The second kappa shape index (κ2) is 26.8. The van der Waals surface area contributed by atoms with Crippen molar-refractivity contribution in [2.24, 2.45) is 0 Å². The van der Waals surface area contributed by atoms with Crippen molar-refractivity contribution in [1.82, 2.24) is 5.32 Å². The van der Waals surface area contributed by atoms with E-state index in [1.54, 1.807) is 0 Å². The molecule has 0 bridgehead atoms. The molecule has 39 heavy (non-hydrogen) atoms. The molecule has 0 saturated carbocycles. The lowest BCUT2D eigenvalue weighted by atomic mass is 10.0. The maximum atomic E-state index is 12.4. The number of nitrogens with one attached hydrogen (secondary N) is 1. The molecule has 0 heterocycles. The molecule has 0 aliphatic carbocycles. The van der Waals surface area contributed by atoms with Gasteiger partial charge in [-0.3, -0.25) is 9.35 Å². The zero-order valence-corrected chi connectivity index (χ0v) is 25.8. The van der Waals surface area contributed by atoms with Crippen LogP contribution >= 0.6 is 0 Å². The highest BCUT2D eigenvalue weighted by Gasteiger charge is 2.26. The first kappa shape index (κ1) is 37.6. The summed E-state index contributed by atoms with van der Waals surface area (Å²) in [6.07, 6.45) is 32.4. The van der Waals surface area contributed by atoms with Gasteiger partial charge in [-0.15, -0.1) is 0 Å². The van der Waals surface area contributed by atoms with Crippen LogP contribution in [0, 0.1) is 0 Å². The Labute approximate surface area is 240 Å². The minimum absolute atomic E-state index is 0.268. The van der Waals surface area contributed by atoms with Crippen LogP contribution in [0.5, 0.6) is 0 Å². The molecule has 0 rings (SSSR count). The Morgan fingerprint density at radius 1 is 0.718 bits per heavy atom. The molecule has 7 heteroatoms. The first-order valence-electron chi connectivity index (χ1n) is 15.7. The maximum absolute atomic E-state index is 12.4. The quantitative estimate of drug-likeness (QED) is 0.0525. The summed E-state index contributed by atoms with van der Waals surface area (Å²) in [5, 5.41) is 13.2. The van der Waals surface area contributed by atoms with Crippen LogP contribution in [-0.2, 0) is 14.9 Å². The van der Waals surface area contributed by atoms with Crippen LogP contribution in [0.3, 0.4) is 0 Å². The van der Waals surface area contributed by atoms with Crippen molar-refractivity contribution >= 4 is 16.0 Å². The smallest absolute Gasteiger partial charge is 0.266 e. The fourth-order valence-electron chi connectivity index (χ4n) is 4.52. The average molecular weight is 570 g/mol. The highest BCUT2D eigenvalue weighted by Crippen LogP contribution is 2.14. The van der Waals surface area contributed by atoms with Crippen molar-refractivity contribution in [3.05, 3.63) is 36.5 Å². The van der Waals surface area contributed by atoms with E-state index in [1.165, 1.54) is 38.5 Å². The predicted molar refractivity (Wildman–Crippen MR) is 165 cm³/mol. The topological polar surface area (TPSA) is 104 Å². The number of carbonyl (C=O) groups excluding carboxylic acids is 1. The first-order chi connectivity index (χ1) is 18.8. The Balaban J connectivity index is 4.03. The molecule has 0 aliphatic rings. The van der Waals surface area contributed by atoms with Gasteiger partial charge in [0.2, 0.25) is 5.91 Å². The van der Waals surface area contributed by atoms with E-state index in [0.717, 1.165) is 77.0 Å². The van der Waals surface area contributed by atoms with E-state index in [2.05, 4.69) is 55.6 Å². The van der Waals surface area contributed by atoms with Gasteiger partial charge < -0.3 is 10.4 Å². The van der Waals surface area contributed by atoms with Crippen LogP contribution in [0.4, 0.5) is 0 Å². The normalized spacial score (nSPS) is 14.1. The molecule has 228 valence electrons. The number of allylic oxidation sites excluding steroid dienone is 6. The van der Waals surface area contributed by atoms with Gasteiger partial charge in [-0.1, -0.05) is 127 Å². The lowest BCUT2D eigenvalue weighted by molar-refractivity contribution is -0.122. The first-order valence-corrected chi connectivity index (χ1v) is 17.3. The molecule has 0 aromatic carbocycles. The molecule has 2 unspecified atom stereocenters. The van der Waals surface area contributed by atoms with Crippen molar-refractivity contribution in [1.29, 1.82) is 0 Å². The van der Waals surface area contributed by atoms with Gasteiger partial charge in [-0.25, -0.2) is 0 Å². The number of hydrogen-bond acceptors (Lipinski definition) is 4. The Bertz CT molecular complexity index is 761. The fourth-order valence-corrected chi connectivity index (χ4v) is 5.28. The second-order valence-electron chi connectivity index (χ2n) is 10.7. The van der Waals surface area contributed by atoms with Gasteiger partial charge in [-0.2, -0.15) is 8.42 Å². The van der Waals surface area contributed by atoms with Crippen LogP contribution < -0.4 is 5.32 Å². The minimum atomic E-state index is -4.30. The summed E-state index contributed by atoms with van der Waals surface area (Å²) in [5.41, 5.74) is 0. The Morgan fingerprint density at radius 3 is 1.82 bits per heavy atom. The number of aliphatic hydroxyl groups excluding tert-OH is 1. The largest absolute Gasteiger partial charge is 0.391 e. The fraction of sp³-hybridized carbons (Fsp3) is 0.781. The Morgan fingerprint density at radius 2 is 1.23 bits per heavy atom. The number of hydrogen-bond donors (Lipinski definition) is 3. The number of unbranched alkanes of at least 4 members (excludes halogenated alkanes) is 13. The van der Waals surface area contributed by atoms with Crippen molar-refractivity contribution in [2.75, 3.05) is 5.75 Å². The summed E-state index contributed by atoms with van der Waals surface area (Å²) < 4.78 is 32.2. The van der Waals surface area contributed by atoms with Crippen LogP contribution in [0.2, 0.25) is 0 Å². The molecule has 0 aromatic rings. The Kier molecular flexibility index (Phi) is 25.8. The van der Waals surface area contributed by atoms with Crippen molar-refractivity contribution in [2.45, 2.75) is 154 Å². The SMILES string of the molecule is CC/C=C\C/C=C\C/C=C\CCCCCCCC(=O)NC(CS(=O)(=O)O)C(O)CCCCCCCCCCC. The summed E-state index contributed by atoms with van der Waals surface area (Å²) in [7, 11) is -4.30. The zero-order valence-electron chi connectivity index (χ0n) is 25.0. The van der Waals surface area contributed by atoms with Gasteiger partial charge in [-0.05, 0) is 44.9 Å². The van der Waals surface area contributed by atoms with Gasteiger partial charge in [0.25, 0.3) is 10.1 Å². The summed E-state index contributed by atoms with van der Waals surface area (Å²) in [6.45, 7) is 4.34. The Hall–Kier alpha value is -1.44. The molecule has 0 fully saturated rings. The monoisotopic (exact) mass is 569 g/mol. The molecule has 0 aromatic heterocycles. The number of amides is 1. The van der Waals surface area contributed by atoms with E-state index in [1.807, 2.05) is 0 Å². The van der Waals surface area contributed by atoms with E-state index in [0.29, 0.717) is 12.8 Å². The van der Waals surface area contributed by atoms with E-state index in [9.17, 15) is 22.9 Å². The zero-order chi connectivity index (χ0) is 29.0. The minimum Gasteiger partial charge on any atom is -0.391 e. The standard InChI is InChI=1S/C32H59NO5S/c1-3-5-7-9-11-13-14-15-16-17-18-20-22-24-26-28-32(35)33-30(29-39(36,37)38)31(34)27-25-23-21-19-12-10-8-6-4-2/h5,7,11,13,15-16,30-31,34H,3-4,6,8-10,12,14,17-29H2,1-2H3,(H,33,35)(H,36,37,38)/b7-5-,13-11-,16-15-. The molecule has 0 spiro atoms. The third-order valence-electron chi connectivity index (χ3n) is 6.86. The predicted octanol–water partition coefficient (Wildman–Crippen LogP) is 8.23. The van der Waals surface area contributed by atoms with E-state index in [-0.39, 0.29) is 5.91 Å². The van der Waals surface area contributed by atoms with E-state index >= 15 is 0 Å². The summed E-state index contributed by atoms with van der Waals surface area (Å²) in [4.78, 5) is 12.4. The average Bonchev–Trinajstić information content (AvgIpc) is 2.88. The molecular weight excluding hydrogens is 510 g/mol. The van der Waals surface area contributed by atoms with Gasteiger partial charge in [0, 0.05) is 6.42 Å². The molecular formula is C32H59NO5S. The van der Waals surface area contributed by atoms with Gasteiger partial charge in [0.05, 0.1) is 17.9 Å². The lowest BCUT2D eigenvalue weighted by Crippen LogP contribution is -2.47. The van der Waals surface area contributed by atoms with Crippen LogP contribution in [0.25, 0.3) is 0 Å². The summed E-state index contributed by atoms with van der Waals surface area (Å²) >= 11 is 0. The molecule has 0 radical (unpaired) electrons. The van der Waals surface area contributed by atoms with E-state index in [4.69, 9.17) is 0 Å². The van der Waals surface area contributed by atoms with Gasteiger partial charge in [0.1, 0.15) is 0 Å². The maximum Gasteiger partial charge on any atom is 0.266 e. The second-order valence-corrected chi connectivity index (χ2v) is 12.2. The van der Waals surface area contributed by atoms with Crippen LogP contribution in [-0.4, -0.2) is 41.9 Å². The van der Waals surface area contributed by atoms with Crippen LogP contribution in [0.1, 0.15) is 142 Å². The number of carbonyl (C=O) groups is 1. The lowest BCUT2D eigenvalue weighted by Gasteiger charge is -2.23. The molecule has 0 saturated heterocycles. The summed E-state index contributed by atoms with van der Waals surface area (Å²) in [6, 6.07) is -0.976. The van der Waals surface area contributed by atoms with Gasteiger partial charge >= 0.3 is 0 Å². The number of aliphatic hydroxyl groups is 1. The van der Waals surface area contributed by atoms with Crippen molar-refractivity contribution in [3.63, 3.8) is 0 Å². The highest BCUT2D eigenvalue weighted by molar-refractivity contribution is 7.85.